The van der Waals surface area contributed by atoms with Crippen LogP contribution in [-0.4, -0.2) is 39.5 Å². The summed E-state index contributed by atoms with van der Waals surface area (Å²) in [4.78, 5) is 34.4. The van der Waals surface area contributed by atoms with Gasteiger partial charge < -0.3 is 15.7 Å². The number of aromatic nitrogens is 2. The Balaban J connectivity index is 1.13. The van der Waals surface area contributed by atoms with E-state index < -0.39 is 17.9 Å². The third-order valence-corrected chi connectivity index (χ3v) is 7.68. The van der Waals surface area contributed by atoms with E-state index in [2.05, 4.69) is 57.0 Å². The van der Waals surface area contributed by atoms with E-state index in [4.69, 9.17) is 0 Å². The fourth-order valence-electron chi connectivity index (χ4n) is 5.26. The number of hydrogen-bond acceptors (Lipinski definition) is 5. The van der Waals surface area contributed by atoms with Gasteiger partial charge in [-0.05, 0) is 51.9 Å². The number of carbonyl (C=O) groups excluding carboxylic acids is 1. The minimum absolute atomic E-state index is 0.0888. The minimum atomic E-state index is -1.15. The number of nitrogens with zero attached hydrogens (tertiary/aromatic N) is 2. The number of carboxylic acids is 1. The van der Waals surface area contributed by atoms with E-state index >= 15 is 0 Å². The van der Waals surface area contributed by atoms with Crippen LogP contribution in [0, 0.1) is 0 Å². The molecule has 6 rings (SSSR count). The largest absolute Gasteiger partial charge is 0.480 e. The standard InChI is InChI=1S/C38H32N4O3/c43-37(41-34(38(44)45)25-27-17-21-31(22-18-27)29-11-5-2-6-12-29)36-40-33-14-8-7-13-32(33)35(42-36)39-24-23-26-15-19-30(20-16-26)28-9-3-1-4-10-28/h1-22,34H,23-25H2,(H,41,43)(H,44,45)(H,39,40,42). The zero-order valence-corrected chi connectivity index (χ0v) is 24.6. The Bertz CT molecular complexity index is 1910. The Labute approximate surface area is 261 Å². The maximum absolute atomic E-state index is 13.3. The molecule has 7 heteroatoms. The summed E-state index contributed by atoms with van der Waals surface area (Å²) in [5, 5.41) is 16.7. The monoisotopic (exact) mass is 592 g/mol. The van der Waals surface area contributed by atoms with Gasteiger partial charge in [0.25, 0.3) is 5.91 Å². The van der Waals surface area contributed by atoms with Gasteiger partial charge in [-0.25, -0.2) is 14.8 Å². The Hall–Kier alpha value is -5.82. The van der Waals surface area contributed by atoms with Crippen molar-refractivity contribution in [1.29, 1.82) is 0 Å². The van der Waals surface area contributed by atoms with Gasteiger partial charge in [0, 0.05) is 18.4 Å². The Morgan fingerprint density at radius 1 is 0.622 bits per heavy atom. The molecule has 222 valence electrons. The summed E-state index contributed by atoms with van der Waals surface area (Å²) in [6.45, 7) is 0.587. The van der Waals surface area contributed by atoms with Crippen LogP contribution in [0.2, 0.25) is 0 Å². The lowest BCUT2D eigenvalue weighted by Crippen LogP contribution is -2.43. The van der Waals surface area contributed by atoms with Crippen LogP contribution in [0.3, 0.4) is 0 Å². The molecule has 0 saturated heterocycles. The summed E-state index contributed by atoms with van der Waals surface area (Å²) < 4.78 is 0. The number of amides is 1. The van der Waals surface area contributed by atoms with Crippen LogP contribution in [0.1, 0.15) is 21.7 Å². The van der Waals surface area contributed by atoms with E-state index in [1.807, 2.05) is 97.1 Å². The van der Waals surface area contributed by atoms with Crippen LogP contribution in [0.4, 0.5) is 5.82 Å². The van der Waals surface area contributed by atoms with E-state index in [0.717, 1.165) is 34.1 Å². The normalized spacial score (nSPS) is 11.6. The highest BCUT2D eigenvalue weighted by Crippen LogP contribution is 2.23. The number of anilines is 1. The van der Waals surface area contributed by atoms with Crippen molar-refractivity contribution in [3.63, 3.8) is 0 Å². The van der Waals surface area contributed by atoms with Crippen LogP contribution in [0.15, 0.2) is 133 Å². The summed E-state index contributed by atoms with van der Waals surface area (Å²) in [7, 11) is 0. The molecule has 1 atom stereocenters. The lowest BCUT2D eigenvalue weighted by atomic mass is 10.0. The minimum Gasteiger partial charge on any atom is -0.480 e. The van der Waals surface area contributed by atoms with Gasteiger partial charge in [-0.2, -0.15) is 0 Å². The molecule has 0 fully saturated rings. The third kappa shape index (κ3) is 7.22. The predicted molar refractivity (Wildman–Crippen MR) is 178 cm³/mol. The fourth-order valence-corrected chi connectivity index (χ4v) is 5.26. The Morgan fingerprint density at radius 2 is 1.16 bits per heavy atom. The van der Waals surface area contributed by atoms with Crippen LogP contribution in [0.25, 0.3) is 33.2 Å². The quantitative estimate of drug-likeness (QED) is 0.149. The van der Waals surface area contributed by atoms with Gasteiger partial charge in [0.1, 0.15) is 11.9 Å². The highest BCUT2D eigenvalue weighted by Gasteiger charge is 2.23. The van der Waals surface area contributed by atoms with E-state index in [1.165, 1.54) is 11.1 Å². The first-order valence-electron chi connectivity index (χ1n) is 14.9. The van der Waals surface area contributed by atoms with Crippen molar-refractivity contribution in [1.82, 2.24) is 15.3 Å². The SMILES string of the molecule is O=C(NC(Cc1ccc(-c2ccccc2)cc1)C(=O)O)c1nc(NCCc2ccc(-c3ccccc3)cc2)c2ccccc2n1. The van der Waals surface area contributed by atoms with Crippen LogP contribution in [-0.2, 0) is 17.6 Å². The topological polar surface area (TPSA) is 104 Å². The van der Waals surface area contributed by atoms with Gasteiger partial charge >= 0.3 is 5.97 Å². The second-order valence-corrected chi connectivity index (χ2v) is 10.8. The molecule has 1 unspecified atom stereocenters. The van der Waals surface area contributed by atoms with E-state index in [-0.39, 0.29) is 12.2 Å². The van der Waals surface area contributed by atoms with Gasteiger partial charge in [0.2, 0.25) is 5.82 Å². The molecular formula is C38H32N4O3. The molecule has 0 saturated carbocycles. The molecule has 7 nitrogen and oxygen atoms in total. The van der Waals surface area contributed by atoms with E-state index in [0.29, 0.717) is 17.9 Å². The predicted octanol–water partition coefficient (Wildman–Crippen LogP) is 7.04. The van der Waals surface area contributed by atoms with Crippen LogP contribution in [0.5, 0.6) is 0 Å². The maximum Gasteiger partial charge on any atom is 0.326 e. The molecule has 1 aromatic heterocycles. The number of aliphatic carboxylic acids is 1. The molecule has 6 aromatic rings. The van der Waals surface area contributed by atoms with Gasteiger partial charge in [0.15, 0.2) is 0 Å². The highest BCUT2D eigenvalue weighted by molar-refractivity contribution is 5.98. The molecule has 0 radical (unpaired) electrons. The summed E-state index contributed by atoms with van der Waals surface area (Å²) in [5.41, 5.74) is 6.99. The number of rotatable bonds is 11. The van der Waals surface area contributed by atoms with Gasteiger partial charge in [-0.1, -0.05) is 121 Å². The second kappa shape index (κ2) is 13.7. The van der Waals surface area contributed by atoms with Crippen molar-refractivity contribution in [2.45, 2.75) is 18.9 Å². The molecule has 0 aliphatic heterocycles. The fraction of sp³-hybridized carbons (Fsp3) is 0.105. The maximum atomic E-state index is 13.3. The van der Waals surface area contributed by atoms with Crippen LogP contribution < -0.4 is 10.6 Å². The Morgan fingerprint density at radius 3 is 1.76 bits per heavy atom. The second-order valence-electron chi connectivity index (χ2n) is 10.8. The summed E-state index contributed by atoms with van der Waals surface area (Å²) in [6.07, 6.45) is 0.872. The zero-order chi connectivity index (χ0) is 31.0. The van der Waals surface area contributed by atoms with Crippen LogP contribution >= 0.6 is 0 Å². The van der Waals surface area contributed by atoms with Crippen molar-refractivity contribution < 1.29 is 14.7 Å². The first kappa shape index (κ1) is 29.3. The van der Waals surface area contributed by atoms with E-state index in [9.17, 15) is 14.7 Å². The highest BCUT2D eigenvalue weighted by atomic mass is 16.4. The molecule has 3 N–H and O–H groups in total. The number of benzene rings is 5. The molecule has 1 heterocycles. The van der Waals surface area contributed by atoms with Crippen molar-refractivity contribution in [2.75, 3.05) is 11.9 Å². The molecule has 0 bridgehead atoms. The summed E-state index contributed by atoms with van der Waals surface area (Å²) >= 11 is 0. The zero-order valence-electron chi connectivity index (χ0n) is 24.6. The molecule has 5 aromatic carbocycles. The molecule has 0 aliphatic carbocycles. The lowest BCUT2D eigenvalue weighted by molar-refractivity contribution is -0.139. The number of para-hydroxylation sites is 1. The molecule has 1 amide bonds. The summed E-state index contributed by atoms with van der Waals surface area (Å²) in [6, 6.07) is 42.6. The first-order valence-corrected chi connectivity index (χ1v) is 14.9. The summed E-state index contributed by atoms with van der Waals surface area (Å²) in [5.74, 6) is -1.34. The van der Waals surface area contributed by atoms with Gasteiger partial charge in [0.05, 0.1) is 5.52 Å². The number of carboxylic acid groups (broad SMARTS) is 1. The molecule has 0 spiro atoms. The molecule has 45 heavy (non-hydrogen) atoms. The first-order chi connectivity index (χ1) is 22.0. The van der Waals surface area contributed by atoms with Crippen molar-refractivity contribution in [3.05, 3.63) is 150 Å². The lowest BCUT2D eigenvalue weighted by Gasteiger charge is -2.16. The van der Waals surface area contributed by atoms with Gasteiger partial charge in [-0.3, -0.25) is 4.79 Å². The van der Waals surface area contributed by atoms with Gasteiger partial charge in [-0.15, -0.1) is 0 Å². The smallest absolute Gasteiger partial charge is 0.326 e. The number of fused-ring (bicyclic) bond motifs is 1. The number of nitrogens with one attached hydrogen (secondary N) is 2. The molecular weight excluding hydrogens is 560 g/mol. The van der Waals surface area contributed by atoms with Crippen molar-refractivity contribution in [2.24, 2.45) is 0 Å². The molecule has 0 aliphatic rings. The third-order valence-electron chi connectivity index (χ3n) is 7.68. The number of hydrogen-bond donors (Lipinski definition) is 3. The Kier molecular flexibility index (Phi) is 8.88. The van der Waals surface area contributed by atoms with Crippen molar-refractivity contribution >= 4 is 28.6 Å². The average Bonchev–Trinajstić information content (AvgIpc) is 3.09. The average molecular weight is 593 g/mol. The number of carbonyl (C=O) groups is 2. The van der Waals surface area contributed by atoms with E-state index in [1.54, 1.807) is 0 Å². The van der Waals surface area contributed by atoms with Crippen molar-refractivity contribution in [3.8, 4) is 22.3 Å².